The van der Waals surface area contributed by atoms with Crippen molar-refractivity contribution in [2.24, 2.45) is 0 Å². The average molecular weight is 400 g/mol. The number of nitrogens with one attached hydrogen (secondary N) is 1. The van der Waals surface area contributed by atoms with Crippen molar-refractivity contribution in [3.8, 4) is 0 Å². The first kappa shape index (κ1) is 20.4. The summed E-state index contributed by atoms with van der Waals surface area (Å²) in [5, 5.41) is 3.45. The number of piperazine rings is 1. The molecule has 2 aromatic carbocycles. The Morgan fingerprint density at radius 3 is 2.29 bits per heavy atom. The van der Waals surface area contributed by atoms with Crippen molar-refractivity contribution >= 4 is 23.4 Å². The Balaban J connectivity index is 1.32. The van der Waals surface area contributed by atoms with Crippen LogP contribution < -0.4 is 5.32 Å². The molecule has 0 saturated carbocycles. The standard InChI is InChI=1S/C22H26ClN3O2/c23-20-10-8-19(9-11-20)22(28)24-12-4-7-21(27)26-15-13-25(14-16-26)17-18-5-2-1-3-6-18/h1-3,5-6,8-11H,4,7,12-17H2,(H,24,28). The van der Waals surface area contributed by atoms with Gasteiger partial charge in [-0.05, 0) is 36.2 Å². The number of carbonyl (C=O) groups excluding carboxylic acids is 2. The van der Waals surface area contributed by atoms with Crippen LogP contribution in [0.1, 0.15) is 28.8 Å². The van der Waals surface area contributed by atoms with Gasteiger partial charge in [-0.3, -0.25) is 14.5 Å². The zero-order valence-electron chi connectivity index (χ0n) is 15.9. The number of hydrogen-bond donors (Lipinski definition) is 1. The lowest BCUT2D eigenvalue weighted by molar-refractivity contribution is -0.133. The topological polar surface area (TPSA) is 52.7 Å². The molecule has 1 fully saturated rings. The van der Waals surface area contributed by atoms with Crippen LogP contribution in [0.4, 0.5) is 0 Å². The fraction of sp³-hybridized carbons (Fsp3) is 0.364. The van der Waals surface area contributed by atoms with Crippen LogP contribution in [0.5, 0.6) is 0 Å². The lowest BCUT2D eigenvalue weighted by atomic mass is 10.2. The van der Waals surface area contributed by atoms with Crippen molar-refractivity contribution in [2.45, 2.75) is 19.4 Å². The monoisotopic (exact) mass is 399 g/mol. The molecular formula is C22H26ClN3O2. The summed E-state index contributed by atoms with van der Waals surface area (Å²) in [4.78, 5) is 28.7. The quantitative estimate of drug-likeness (QED) is 0.727. The van der Waals surface area contributed by atoms with Crippen LogP contribution >= 0.6 is 11.6 Å². The van der Waals surface area contributed by atoms with Gasteiger partial charge in [0, 0.05) is 56.3 Å². The minimum Gasteiger partial charge on any atom is -0.352 e. The fourth-order valence-corrected chi connectivity index (χ4v) is 3.43. The first-order chi connectivity index (χ1) is 13.6. The lowest BCUT2D eigenvalue weighted by Crippen LogP contribution is -2.48. The van der Waals surface area contributed by atoms with E-state index in [1.54, 1.807) is 24.3 Å². The molecule has 2 amide bonds. The zero-order chi connectivity index (χ0) is 19.8. The van der Waals surface area contributed by atoms with Gasteiger partial charge in [0.1, 0.15) is 0 Å². The highest BCUT2D eigenvalue weighted by molar-refractivity contribution is 6.30. The van der Waals surface area contributed by atoms with Gasteiger partial charge in [0.05, 0.1) is 0 Å². The van der Waals surface area contributed by atoms with Crippen LogP contribution in [-0.4, -0.2) is 54.3 Å². The molecule has 2 aromatic rings. The summed E-state index contributed by atoms with van der Waals surface area (Å²) in [6.07, 6.45) is 1.10. The van der Waals surface area contributed by atoms with E-state index < -0.39 is 0 Å². The van der Waals surface area contributed by atoms with Crippen LogP contribution in [0.2, 0.25) is 5.02 Å². The number of halogens is 1. The molecule has 1 heterocycles. The lowest BCUT2D eigenvalue weighted by Gasteiger charge is -2.34. The molecule has 0 atom stereocenters. The smallest absolute Gasteiger partial charge is 0.251 e. The molecule has 1 aliphatic rings. The Bertz CT molecular complexity index is 772. The minimum absolute atomic E-state index is 0.140. The van der Waals surface area contributed by atoms with Crippen molar-refractivity contribution in [3.63, 3.8) is 0 Å². The van der Waals surface area contributed by atoms with Gasteiger partial charge in [-0.2, -0.15) is 0 Å². The van der Waals surface area contributed by atoms with Gasteiger partial charge >= 0.3 is 0 Å². The van der Waals surface area contributed by atoms with E-state index in [0.717, 1.165) is 32.7 Å². The number of hydrogen-bond acceptors (Lipinski definition) is 3. The first-order valence-electron chi connectivity index (χ1n) is 9.69. The number of nitrogens with zero attached hydrogens (tertiary/aromatic N) is 2. The van der Waals surface area contributed by atoms with E-state index in [2.05, 4.69) is 34.5 Å². The summed E-state index contributed by atoms with van der Waals surface area (Å²) >= 11 is 5.82. The number of carbonyl (C=O) groups is 2. The molecule has 0 radical (unpaired) electrons. The van der Waals surface area contributed by atoms with Gasteiger partial charge in [-0.15, -0.1) is 0 Å². The van der Waals surface area contributed by atoms with Gasteiger partial charge < -0.3 is 10.2 Å². The third-order valence-electron chi connectivity index (χ3n) is 4.93. The van der Waals surface area contributed by atoms with Gasteiger partial charge in [0.15, 0.2) is 0 Å². The molecular weight excluding hydrogens is 374 g/mol. The van der Waals surface area contributed by atoms with E-state index in [0.29, 0.717) is 30.0 Å². The second-order valence-corrected chi connectivity index (χ2v) is 7.45. The highest BCUT2D eigenvalue weighted by atomic mass is 35.5. The zero-order valence-corrected chi connectivity index (χ0v) is 16.7. The maximum absolute atomic E-state index is 12.4. The molecule has 0 bridgehead atoms. The van der Waals surface area contributed by atoms with Crippen molar-refractivity contribution in [3.05, 3.63) is 70.7 Å². The third-order valence-corrected chi connectivity index (χ3v) is 5.19. The molecule has 0 aliphatic carbocycles. The molecule has 28 heavy (non-hydrogen) atoms. The Morgan fingerprint density at radius 1 is 0.929 bits per heavy atom. The Kier molecular flexibility index (Phi) is 7.46. The highest BCUT2D eigenvalue weighted by Crippen LogP contribution is 2.11. The SMILES string of the molecule is O=C(NCCCC(=O)N1CCN(Cc2ccccc2)CC1)c1ccc(Cl)cc1. The van der Waals surface area contributed by atoms with Gasteiger partial charge in [0.25, 0.3) is 5.91 Å². The number of amides is 2. The predicted molar refractivity (Wildman–Crippen MR) is 111 cm³/mol. The molecule has 1 aliphatic heterocycles. The normalized spacial score (nSPS) is 14.7. The largest absolute Gasteiger partial charge is 0.352 e. The van der Waals surface area contributed by atoms with E-state index in [1.807, 2.05) is 11.0 Å². The van der Waals surface area contributed by atoms with Crippen molar-refractivity contribution in [1.29, 1.82) is 0 Å². The molecule has 1 saturated heterocycles. The maximum Gasteiger partial charge on any atom is 0.251 e. The molecule has 1 N–H and O–H groups in total. The first-order valence-corrected chi connectivity index (χ1v) is 10.1. The summed E-state index contributed by atoms with van der Waals surface area (Å²) in [7, 11) is 0. The van der Waals surface area contributed by atoms with Gasteiger partial charge in [-0.25, -0.2) is 0 Å². The van der Waals surface area contributed by atoms with E-state index in [9.17, 15) is 9.59 Å². The third kappa shape index (κ3) is 6.08. The highest BCUT2D eigenvalue weighted by Gasteiger charge is 2.20. The number of rotatable bonds is 7. The van der Waals surface area contributed by atoms with E-state index >= 15 is 0 Å². The summed E-state index contributed by atoms with van der Waals surface area (Å²) in [5.41, 5.74) is 1.88. The predicted octanol–water partition coefficient (Wildman–Crippen LogP) is 3.19. The van der Waals surface area contributed by atoms with Crippen LogP contribution in [0, 0.1) is 0 Å². The fourth-order valence-electron chi connectivity index (χ4n) is 3.30. The molecule has 0 aromatic heterocycles. The van der Waals surface area contributed by atoms with Crippen molar-refractivity contribution in [2.75, 3.05) is 32.7 Å². The molecule has 0 spiro atoms. The molecule has 0 unspecified atom stereocenters. The Labute approximate surface area is 171 Å². The molecule has 6 heteroatoms. The second-order valence-electron chi connectivity index (χ2n) is 7.01. The molecule has 3 rings (SSSR count). The summed E-state index contributed by atoms with van der Waals surface area (Å²) in [6.45, 7) is 4.74. The molecule has 148 valence electrons. The summed E-state index contributed by atoms with van der Waals surface area (Å²) in [5.74, 6) is 0.0266. The summed E-state index contributed by atoms with van der Waals surface area (Å²) < 4.78 is 0. The van der Waals surface area contributed by atoms with Gasteiger partial charge in [-0.1, -0.05) is 41.9 Å². The Morgan fingerprint density at radius 2 is 1.61 bits per heavy atom. The Hall–Kier alpha value is -2.37. The van der Waals surface area contributed by atoms with Crippen LogP contribution in [-0.2, 0) is 11.3 Å². The van der Waals surface area contributed by atoms with E-state index in [-0.39, 0.29) is 11.8 Å². The van der Waals surface area contributed by atoms with Crippen LogP contribution in [0.25, 0.3) is 0 Å². The van der Waals surface area contributed by atoms with E-state index in [4.69, 9.17) is 11.6 Å². The van der Waals surface area contributed by atoms with Gasteiger partial charge in [0.2, 0.25) is 5.91 Å². The van der Waals surface area contributed by atoms with Crippen molar-refractivity contribution in [1.82, 2.24) is 15.1 Å². The maximum atomic E-state index is 12.4. The van der Waals surface area contributed by atoms with Crippen LogP contribution in [0.15, 0.2) is 54.6 Å². The summed E-state index contributed by atoms with van der Waals surface area (Å²) in [6, 6.07) is 17.2. The second kappa shape index (κ2) is 10.2. The van der Waals surface area contributed by atoms with Crippen LogP contribution in [0.3, 0.4) is 0 Å². The molecule has 5 nitrogen and oxygen atoms in total. The van der Waals surface area contributed by atoms with Crippen molar-refractivity contribution < 1.29 is 9.59 Å². The average Bonchev–Trinajstić information content (AvgIpc) is 2.72. The van der Waals surface area contributed by atoms with E-state index in [1.165, 1.54) is 5.56 Å². The minimum atomic E-state index is -0.140. The number of benzene rings is 2.